The summed E-state index contributed by atoms with van der Waals surface area (Å²) in [6.45, 7) is -1.09. The van der Waals surface area contributed by atoms with Crippen molar-refractivity contribution in [3.05, 3.63) is 70.8 Å². The number of nitro benzene ring substituents is 1. The number of phosphoric acid groups is 1. The van der Waals surface area contributed by atoms with Crippen molar-refractivity contribution in [3.63, 3.8) is 0 Å². The lowest BCUT2D eigenvalue weighted by Gasteiger charge is -2.24. The minimum absolute atomic E-state index is 0.0166. The third-order valence-electron chi connectivity index (χ3n) is 7.04. The molecule has 0 aromatic heterocycles. The monoisotopic (exact) mass is 747 g/mol. The fourth-order valence-electron chi connectivity index (χ4n) is 4.38. The third kappa shape index (κ3) is 13.5. The summed E-state index contributed by atoms with van der Waals surface area (Å²) in [5, 5.41) is 32.2. The maximum Gasteiger partial charge on any atom is 0.474 e. The van der Waals surface area contributed by atoms with Crippen molar-refractivity contribution in [2.75, 3.05) is 63.0 Å². The number of nitrogens with zero attached hydrogens (tertiary/aromatic N) is 5. The van der Waals surface area contributed by atoms with Crippen LogP contribution in [0.1, 0.15) is 27.5 Å². The highest BCUT2D eigenvalue weighted by molar-refractivity contribution is 7.91. The first-order valence-corrected chi connectivity index (χ1v) is 18.9. The molecular formula is C32H39N6O11PS. The standard InChI is InChI=1S/C32H39N6O11PS/c1-3-37(26-11-9-25(10-12-26)35-36-29-13-14-30(38(41)42)28-8-5-4-7-27(28)29)18-20-48-50(43,47-19-6-17-33)49-22-24-51(44,45)23-21-46-32(40)16-15-31(39)34-2/h4-5,7-14H,3,6,15-16,18-24H2,1-2H3,(H,34,39)/i1D. The number of carbonyl (C=O) groups is 2. The van der Waals surface area contributed by atoms with Crippen LogP contribution < -0.4 is 10.2 Å². The van der Waals surface area contributed by atoms with E-state index in [1.54, 1.807) is 53.4 Å². The van der Waals surface area contributed by atoms with E-state index in [1.807, 2.05) is 6.07 Å². The molecule has 3 aromatic carbocycles. The number of nitrogens with one attached hydrogen (secondary N) is 1. The first kappa shape index (κ1) is 39.0. The molecule has 3 aromatic rings. The summed E-state index contributed by atoms with van der Waals surface area (Å²) in [5.74, 6) is -2.21. The van der Waals surface area contributed by atoms with Crippen LogP contribution in [0.25, 0.3) is 10.8 Å². The summed E-state index contributed by atoms with van der Waals surface area (Å²) < 4.78 is 66.6. The molecule has 1 N–H and O–H groups in total. The van der Waals surface area contributed by atoms with Gasteiger partial charge >= 0.3 is 13.8 Å². The number of carbonyl (C=O) groups excluding carboxylic acids is 2. The molecule has 0 heterocycles. The Morgan fingerprint density at radius 2 is 1.67 bits per heavy atom. The van der Waals surface area contributed by atoms with Crippen molar-refractivity contribution in [3.8, 4) is 6.07 Å². The molecule has 0 saturated heterocycles. The summed E-state index contributed by atoms with van der Waals surface area (Å²) in [6.07, 6.45) is -0.429. The Labute approximate surface area is 296 Å². The zero-order chi connectivity index (χ0) is 38.0. The molecule has 0 spiro atoms. The fourth-order valence-corrected chi connectivity index (χ4v) is 6.54. The van der Waals surface area contributed by atoms with E-state index >= 15 is 0 Å². The molecule has 0 radical (unpaired) electrons. The van der Waals surface area contributed by atoms with Crippen molar-refractivity contribution in [2.45, 2.75) is 26.2 Å². The zero-order valence-corrected chi connectivity index (χ0v) is 29.6. The van der Waals surface area contributed by atoms with E-state index in [2.05, 4.69) is 15.5 Å². The van der Waals surface area contributed by atoms with Crippen molar-refractivity contribution < 1.29 is 47.2 Å². The maximum atomic E-state index is 13.3. The number of amides is 1. The summed E-state index contributed by atoms with van der Waals surface area (Å²) in [6, 6.07) is 18.4. The highest BCUT2D eigenvalue weighted by atomic mass is 32.2. The van der Waals surface area contributed by atoms with Gasteiger partial charge in [-0.15, -0.1) is 5.11 Å². The van der Waals surface area contributed by atoms with Crippen LogP contribution in [0.2, 0.25) is 0 Å². The van der Waals surface area contributed by atoms with Crippen molar-refractivity contribution in [2.24, 2.45) is 10.2 Å². The molecule has 1 amide bonds. The molecule has 0 aliphatic carbocycles. The highest BCUT2D eigenvalue weighted by Crippen LogP contribution is 2.49. The van der Waals surface area contributed by atoms with Crippen LogP contribution in [0.5, 0.6) is 0 Å². The lowest BCUT2D eigenvalue weighted by molar-refractivity contribution is -0.383. The lowest BCUT2D eigenvalue weighted by Crippen LogP contribution is -2.27. The number of azo groups is 1. The maximum absolute atomic E-state index is 13.3. The van der Waals surface area contributed by atoms with E-state index in [4.69, 9.17) is 24.9 Å². The van der Waals surface area contributed by atoms with Crippen LogP contribution in [0.15, 0.2) is 70.9 Å². The first-order chi connectivity index (χ1) is 24.9. The average Bonchev–Trinajstić information content (AvgIpc) is 3.12. The van der Waals surface area contributed by atoms with E-state index < -0.39 is 53.3 Å². The summed E-state index contributed by atoms with van der Waals surface area (Å²) >= 11 is 0. The van der Waals surface area contributed by atoms with Crippen LogP contribution in [0, 0.1) is 21.4 Å². The van der Waals surface area contributed by atoms with Gasteiger partial charge in [0.2, 0.25) is 5.91 Å². The topological polar surface area (TPSA) is 229 Å². The minimum Gasteiger partial charge on any atom is -0.465 e. The third-order valence-corrected chi connectivity index (χ3v) is 10.1. The normalized spacial score (nSPS) is 12.9. The van der Waals surface area contributed by atoms with Crippen LogP contribution in [-0.4, -0.2) is 83.3 Å². The minimum atomic E-state index is -4.31. The predicted molar refractivity (Wildman–Crippen MR) is 188 cm³/mol. The molecule has 1 atom stereocenters. The molecule has 0 fully saturated rings. The molecule has 3 rings (SSSR count). The van der Waals surface area contributed by atoms with Gasteiger partial charge in [-0.1, -0.05) is 18.2 Å². The number of ether oxygens (including phenoxy) is 1. The van der Waals surface area contributed by atoms with Crippen LogP contribution in [-0.2, 0) is 42.3 Å². The predicted octanol–water partition coefficient (Wildman–Crippen LogP) is 5.55. The molecule has 274 valence electrons. The Hall–Kier alpha value is -4.79. The van der Waals surface area contributed by atoms with Crippen molar-refractivity contribution in [1.29, 1.82) is 5.26 Å². The summed E-state index contributed by atoms with van der Waals surface area (Å²) in [7, 11) is -6.71. The Morgan fingerprint density at radius 3 is 2.35 bits per heavy atom. The summed E-state index contributed by atoms with van der Waals surface area (Å²) in [4.78, 5) is 35.7. The number of hydrogen-bond acceptors (Lipinski definition) is 15. The Kier molecular flexibility index (Phi) is 15.4. The number of esters is 1. The fraction of sp³-hybridized carbons (Fsp3) is 0.406. The van der Waals surface area contributed by atoms with Gasteiger partial charge in [-0.05, 0) is 43.3 Å². The average molecular weight is 748 g/mol. The quantitative estimate of drug-likeness (QED) is 0.0332. The Bertz CT molecular complexity index is 1910. The smallest absolute Gasteiger partial charge is 0.465 e. The number of anilines is 1. The molecule has 1 unspecified atom stereocenters. The van der Waals surface area contributed by atoms with Gasteiger partial charge in [0.1, 0.15) is 6.61 Å². The number of non-ortho nitro benzene ring substituents is 1. The summed E-state index contributed by atoms with van der Waals surface area (Å²) in [5.41, 5.74) is 1.59. The van der Waals surface area contributed by atoms with Crippen molar-refractivity contribution >= 4 is 63.1 Å². The zero-order valence-electron chi connectivity index (χ0n) is 28.8. The SMILES string of the molecule is [2H]CCN(CCOP(=O)(OCCC#N)OCCS(=O)(=O)CCOC(=O)CCC(=O)NC)c1ccc(N=Nc2ccc([N+](=O)[O-])c3ccccc23)cc1. The Morgan fingerprint density at radius 1 is 0.980 bits per heavy atom. The number of likely N-dealkylation sites (N-methyl/N-ethyl adjacent to an activating group) is 1. The van der Waals surface area contributed by atoms with Crippen LogP contribution >= 0.6 is 7.82 Å². The van der Waals surface area contributed by atoms with Crippen LogP contribution in [0.4, 0.5) is 22.7 Å². The molecule has 0 saturated carbocycles. The van der Waals surface area contributed by atoms with Gasteiger partial charge in [-0.3, -0.25) is 33.3 Å². The molecule has 0 bridgehead atoms. The molecule has 19 heteroatoms. The van der Waals surface area contributed by atoms with Crippen molar-refractivity contribution in [1.82, 2.24) is 5.32 Å². The lowest BCUT2D eigenvalue weighted by atomic mass is 10.1. The number of phosphoric ester groups is 1. The van der Waals surface area contributed by atoms with E-state index in [0.29, 0.717) is 27.8 Å². The van der Waals surface area contributed by atoms with E-state index in [0.717, 1.165) is 0 Å². The number of benzene rings is 3. The second-order valence-electron chi connectivity index (χ2n) is 10.5. The molecule has 0 aliphatic rings. The van der Waals surface area contributed by atoms with E-state index in [9.17, 15) is 32.7 Å². The number of rotatable bonds is 22. The second-order valence-corrected chi connectivity index (χ2v) is 14.5. The van der Waals surface area contributed by atoms with Gasteiger partial charge in [0, 0.05) is 45.1 Å². The van der Waals surface area contributed by atoms with E-state index in [1.165, 1.54) is 19.2 Å². The van der Waals surface area contributed by atoms with Crippen LogP contribution in [0.3, 0.4) is 0 Å². The Balaban J connectivity index is 1.57. The van der Waals surface area contributed by atoms with E-state index in [-0.39, 0.29) is 64.1 Å². The van der Waals surface area contributed by atoms with Gasteiger partial charge in [-0.25, -0.2) is 13.0 Å². The molecular weight excluding hydrogens is 707 g/mol. The highest BCUT2D eigenvalue weighted by Gasteiger charge is 2.28. The van der Waals surface area contributed by atoms with Gasteiger partial charge in [0.05, 0.1) is 71.9 Å². The number of fused-ring (bicyclic) bond motifs is 1. The molecule has 0 aliphatic heterocycles. The number of sulfone groups is 1. The molecule has 51 heavy (non-hydrogen) atoms. The van der Waals surface area contributed by atoms with Gasteiger partial charge in [-0.2, -0.15) is 10.4 Å². The van der Waals surface area contributed by atoms with Gasteiger partial charge in [0.25, 0.3) is 5.69 Å². The first-order valence-electron chi connectivity index (χ1n) is 16.3. The second kappa shape index (κ2) is 20.2. The number of nitriles is 1. The van der Waals surface area contributed by atoms with Gasteiger partial charge < -0.3 is 15.0 Å². The van der Waals surface area contributed by atoms with Gasteiger partial charge in [0.15, 0.2) is 9.84 Å². The largest absolute Gasteiger partial charge is 0.474 e. The number of hydrogen-bond donors (Lipinski definition) is 1. The number of nitro groups is 1. The molecule has 17 nitrogen and oxygen atoms in total.